The van der Waals surface area contributed by atoms with Gasteiger partial charge < -0.3 is 40.3 Å². The Kier molecular flexibility index (Phi) is 34.6. The van der Waals surface area contributed by atoms with Gasteiger partial charge in [-0.05, 0) is 12.8 Å². The molecule has 0 aromatic heterocycles. The van der Waals surface area contributed by atoms with E-state index in [-0.39, 0.29) is 12.5 Å². The fourth-order valence-corrected chi connectivity index (χ4v) is 7.69. The highest BCUT2D eigenvalue weighted by atomic mass is 16.7. The number of unbranched alkanes of at least 4 members (excludes halogenated alkanes) is 29. The summed E-state index contributed by atoms with van der Waals surface area (Å²) in [5, 5.41) is 54.3. The Morgan fingerprint density at radius 1 is 0.556 bits per heavy atom. The van der Waals surface area contributed by atoms with Crippen molar-refractivity contribution in [3.63, 3.8) is 0 Å². The van der Waals surface area contributed by atoms with E-state index in [1.807, 2.05) is 0 Å². The van der Waals surface area contributed by atoms with E-state index >= 15 is 0 Å². The molecule has 9 nitrogen and oxygen atoms in total. The molecule has 6 N–H and O–H groups in total. The molecule has 7 unspecified atom stereocenters. The van der Waals surface area contributed by atoms with E-state index in [1.165, 1.54) is 161 Å². The number of ether oxygens (including phenoxy) is 2. The minimum Gasteiger partial charge on any atom is -0.394 e. The molecule has 0 aromatic rings. The van der Waals surface area contributed by atoms with Crippen LogP contribution < -0.4 is 5.32 Å². The molecule has 0 spiro atoms. The van der Waals surface area contributed by atoms with Gasteiger partial charge in [0.2, 0.25) is 5.91 Å². The minimum absolute atomic E-state index is 0.132. The third kappa shape index (κ3) is 26.9. The van der Waals surface area contributed by atoms with Gasteiger partial charge in [0.1, 0.15) is 24.4 Å². The van der Waals surface area contributed by atoms with E-state index in [1.54, 1.807) is 0 Å². The number of aliphatic hydroxyl groups is 5. The molecule has 1 rings (SSSR count). The molecule has 1 saturated heterocycles. The number of hydrogen-bond acceptors (Lipinski definition) is 8. The van der Waals surface area contributed by atoms with Crippen LogP contribution in [0.25, 0.3) is 0 Å². The molecule has 7 atom stereocenters. The van der Waals surface area contributed by atoms with Crippen LogP contribution in [0.4, 0.5) is 0 Å². The van der Waals surface area contributed by atoms with Gasteiger partial charge >= 0.3 is 0 Å². The Bertz CT molecular complexity index is 817. The number of carbonyl (C=O) groups excluding carboxylic acids is 1. The molecule has 1 fully saturated rings. The van der Waals surface area contributed by atoms with Gasteiger partial charge in [0.25, 0.3) is 0 Å². The van der Waals surface area contributed by atoms with Crippen molar-refractivity contribution >= 4 is 5.91 Å². The van der Waals surface area contributed by atoms with Gasteiger partial charge in [-0.2, -0.15) is 0 Å². The van der Waals surface area contributed by atoms with E-state index in [4.69, 9.17) is 9.47 Å². The van der Waals surface area contributed by atoms with Gasteiger partial charge in [0.05, 0.1) is 25.4 Å². The van der Waals surface area contributed by atoms with Gasteiger partial charge in [-0.1, -0.05) is 206 Å². The fourth-order valence-electron chi connectivity index (χ4n) is 7.69. The first-order chi connectivity index (χ1) is 26.3. The molecule has 1 amide bonds. The topological polar surface area (TPSA) is 149 Å². The molecule has 9 heteroatoms. The van der Waals surface area contributed by atoms with Crippen LogP contribution in [0.5, 0.6) is 0 Å². The number of aliphatic hydroxyl groups excluding tert-OH is 5. The van der Waals surface area contributed by atoms with Gasteiger partial charge in [-0.25, -0.2) is 0 Å². The van der Waals surface area contributed by atoms with Crippen molar-refractivity contribution in [2.75, 3.05) is 13.2 Å². The van der Waals surface area contributed by atoms with Crippen LogP contribution in [-0.2, 0) is 14.3 Å². The summed E-state index contributed by atoms with van der Waals surface area (Å²) >= 11 is 0. The molecule has 0 radical (unpaired) electrons. The molecule has 1 aliphatic heterocycles. The highest BCUT2D eigenvalue weighted by molar-refractivity contribution is 5.76. The molecule has 0 aliphatic carbocycles. The van der Waals surface area contributed by atoms with Crippen LogP contribution in [0.1, 0.15) is 226 Å². The van der Waals surface area contributed by atoms with Crippen molar-refractivity contribution in [3.05, 3.63) is 0 Å². The van der Waals surface area contributed by atoms with Crippen molar-refractivity contribution in [2.24, 2.45) is 0 Å². The van der Waals surface area contributed by atoms with Crippen LogP contribution in [-0.4, -0.2) is 87.5 Å². The molecule has 1 aliphatic rings. The summed E-state index contributed by atoms with van der Waals surface area (Å²) in [4.78, 5) is 13.0. The zero-order chi connectivity index (χ0) is 39.5. The third-order valence-electron chi connectivity index (χ3n) is 11.5. The number of rotatable bonds is 39. The standard InChI is InChI=1S/C45H89NO8/c1-3-5-7-9-11-13-15-17-19-20-21-22-24-26-28-30-32-34-39(48)38(37-53-45-44(52)43(51)42(50)40(36-47)54-45)46-41(49)35-33-31-29-27-25-23-18-16-14-12-10-8-6-4-2/h38-40,42-45,47-48,50-52H,3-37H2,1-2H3,(H,46,49). The summed E-state index contributed by atoms with van der Waals surface area (Å²) in [6.45, 7) is 3.85. The van der Waals surface area contributed by atoms with E-state index in [2.05, 4.69) is 19.2 Å². The van der Waals surface area contributed by atoms with Crippen LogP contribution >= 0.6 is 0 Å². The summed E-state index contributed by atoms with van der Waals surface area (Å²) in [7, 11) is 0. The summed E-state index contributed by atoms with van der Waals surface area (Å²) < 4.78 is 11.3. The lowest BCUT2D eigenvalue weighted by Gasteiger charge is -2.40. The maximum Gasteiger partial charge on any atom is 0.220 e. The van der Waals surface area contributed by atoms with Crippen LogP contribution in [0.15, 0.2) is 0 Å². The Hall–Kier alpha value is -0.810. The Balaban J connectivity index is 2.31. The van der Waals surface area contributed by atoms with Gasteiger partial charge in [-0.15, -0.1) is 0 Å². The Morgan fingerprint density at radius 3 is 1.31 bits per heavy atom. The van der Waals surface area contributed by atoms with Gasteiger partial charge in [0.15, 0.2) is 6.29 Å². The molecule has 322 valence electrons. The van der Waals surface area contributed by atoms with E-state index < -0.39 is 49.5 Å². The van der Waals surface area contributed by atoms with Crippen molar-refractivity contribution in [3.8, 4) is 0 Å². The fraction of sp³-hybridized carbons (Fsp3) is 0.978. The minimum atomic E-state index is -1.55. The summed E-state index contributed by atoms with van der Waals surface area (Å²) in [5.74, 6) is -0.141. The predicted octanol–water partition coefficient (Wildman–Crippen LogP) is 9.56. The van der Waals surface area contributed by atoms with Crippen molar-refractivity contribution in [1.29, 1.82) is 0 Å². The molecule has 1 heterocycles. The highest BCUT2D eigenvalue weighted by Gasteiger charge is 2.44. The van der Waals surface area contributed by atoms with Crippen LogP contribution in [0.3, 0.4) is 0 Å². The van der Waals surface area contributed by atoms with Crippen molar-refractivity contribution in [1.82, 2.24) is 5.32 Å². The third-order valence-corrected chi connectivity index (χ3v) is 11.5. The number of hydrogen-bond donors (Lipinski definition) is 6. The largest absolute Gasteiger partial charge is 0.394 e. The number of nitrogens with one attached hydrogen (secondary N) is 1. The first-order valence-corrected chi connectivity index (χ1v) is 23.2. The number of carbonyl (C=O) groups is 1. The summed E-state index contributed by atoms with van der Waals surface area (Å²) in [5.41, 5.74) is 0. The highest BCUT2D eigenvalue weighted by Crippen LogP contribution is 2.23. The molecule has 0 saturated carbocycles. The maximum absolute atomic E-state index is 13.0. The molecular weight excluding hydrogens is 682 g/mol. The monoisotopic (exact) mass is 772 g/mol. The smallest absolute Gasteiger partial charge is 0.220 e. The average molecular weight is 772 g/mol. The molecular formula is C45H89NO8. The maximum atomic E-state index is 13.0. The normalized spacial score (nSPS) is 21.4. The quantitative estimate of drug-likeness (QED) is 0.0339. The van der Waals surface area contributed by atoms with Gasteiger partial charge in [0, 0.05) is 6.42 Å². The Morgan fingerprint density at radius 2 is 0.926 bits per heavy atom. The first-order valence-electron chi connectivity index (χ1n) is 23.2. The lowest BCUT2D eigenvalue weighted by Crippen LogP contribution is -2.60. The summed E-state index contributed by atoms with van der Waals surface area (Å²) in [6.07, 6.45) is 32.5. The van der Waals surface area contributed by atoms with E-state index in [0.717, 1.165) is 38.5 Å². The lowest BCUT2D eigenvalue weighted by molar-refractivity contribution is -0.302. The molecule has 0 bridgehead atoms. The molecule has 0 aromatic carbocycles. The second kappa shape index (κ2) is 36.5. The Labute approximate surface area is 332 Å². The zero-order valence-corrected chi connectivity index (χ0v) is 35.3. The predicted molar refractivity (Wildman–Crippen MR) is 221 cm³/mol. The van der Waals surface area contributed by atoms with E-state index in [9.17, 15) is 30.3 Å². The first kappa shape index (κ1) is 51.2. The van der Waals surface area contributed by atoms with Gasteiger partial charge in [-0.3, -0.25) is 4.79 Å². The van der Waals surface area contributed by atoms with Crippen molar-refractivity contribution < 1.29 is 39.8 Å². The molecule has 54 heavy (non-hydrogen) atoms. The van der Waals surface area contributed by atoms with E-state index in [0.29, 0.717) is 12.8 Å². The second-order valence-corrected chi connectivity index (χ2v) is 16.6. The van der Waals surface area contributed by atoms with Crippen molar-refractivity contribution in [2.45, 2.75) is 269 Å². The summed E-state index contributed by atoms with van der Waals surface area (Å²) in [6, 6.07) is -0.711. The van der Waals surface area contributed by atoms with Crippen LogP contribution in [0, 0.1) is 0 Å². The zero-order valence-electron chi connectivity index (χ0n) is 35.3. The average Bonchev–Trinajstić information content (AvgIpc) is 3.17. The second-order valence-electron chi connectivity index (χ2n) is 16.6. The number of amides is 1. The lowest BCUT2D eigenvalue weighted by atomic mass is 9.99. The van der Waals surface area contributed by atoms with Crippen LogP contribution in [0.2, 0.25) is 0 Å². The SMILES string of the molecule is CCCCCCCCCCCCCCCCCCCC(O)C(COC1OC(CO)C(O)C(O)C1O)NC(=O)CCCCCCCCCCCCCCCC.